The molecule has 27 heavy (non-hydrogen) atoms. The summed E-state index contributed by atoms with van der Waals surface area (Å²) in [5.41, 5.74) is 2.64. The molecule has 3 rings (SSSR count). The van der Waals surface area contributed by atoms with Crippen LogP contribution in [0.3, 0.4) is 0 Å². The zero-order valence-electron chi connectivity index (χ0n) is 16.3. The monoisotopic (exact) mass is 374 g/mol. The van der Waals surface area contributed by atoms with Crippen molar-refractivity contribution in [2.75, 3.05) is 37.7 Å². The normalized spacial score (nSPS) is 15.1. The van der Waals surface area contributed by atoms with E-state index < -0.39 is 5.60 Å². The van der Waals surface area contributed by atoms with E-state index in [0.717, 1.165) is 16.8 Å². The highest BCUT2D eigenvalue weighted by atomic mass is 16.6. The molecule has 7 heteroatoms. The predicted molar refractivity (Wildman–Crippen MR) is 101 cm³/mol. The summed E-state index contributed by atoms with van der Waals surface area (Å²) < 4.78 is 15.9. The standard InChI is InChI=1S/C20H26N2O5/c1-5-26-18(23)16-12-14-13-25-11-6-15(14)17(16)21-7-9-22(10-8-21)19(24)27-20(2,3)4/h6,11-13H,5,7-10H2,1-4H3. The molecule has 7 nitrogen and oxygen atoms in total. The lowest BCUT2D eigenvalue weighted by atomic mass is 10.1. The second kappa shape index (κ2) is 7.50. The number of hydrogen-bond donors (Lipinski definition) is 0. The molecule has 2 aliphatic heterocycles. The van der Waals surface area contributed by atoms with Crippen LogP contribution in [0.5, 0.6) is 0 Å². The van der Waals surface area contributed by atoms with Crippen molar-refractivity contribution in [3.8, 4) is 11.1 Å². The lowest BCUT2D eigenvalue weighted by Crippen LogP contribution is -2.50. The molecule has 0 spiro atoms. The van der Waals surface area contributed by atoms with Gasteiger partial charge in [0.2, 0.25) is 0 Å². The van der Waals surface area contributed by atoms with Crippen molar-refractivity contribution in [3.05, 3.63) is 30.2 Å². The minimum Gasteiger partial charge on any atom is -0.472 e. The van der Waals surface area contributed by atoms with Crippen molar-refractivity contribution < 1.29 is 23.5 Å². The number of esters is 1. The van der Waals surface area contributed by atoms with Crippen LogP contribution in [0.4, 0.5) is 10.5 Å². The fourth-order valence-electron chi connectivity index (χ4n) is 3.22. The lowest BCUT2D eigenvalue weighted by Gasteiger charge is -2.37. The van der Waals surface area contributed by atoms with Crippen molar-refractivity contribution in [1.29, 1.82) is 0 Å². The number of rotatable bonds is 3. The summed E-state index contributed by atoms with van der Waals surface area (Å²) in [6.07, 6.45) is 2.91. The molecule has 146 valence electrons. The first-order chi connectivity index (χ1) is 12.8. The van der Waals surface area contributed by atoms with Gasteiger partial charge < -0.3 is 23.7 Å². The zero-order valence-corrected chi connectivity index (χ0v) is 16.3. The second-order valence-corrected chi connectivity index (χ2v) is 7.51. The number of nitrogens with zero attached hydrogens (tertiary/aromatic N) is 2. The Hall–Kier alpha value is -2.70. The van der Waals surface area contributed by atoms with Gasteiger partial charge in [-0.2, -0.15) is 0 Å². The molecule has 0 bridgehead atoms. The minimum atomic E-state index is -0.517. The van der Waals surface area contributed by atoms with Gasteiger partial charge in [0.05, 0.1) is 30.4 Å². The van der Waals surface area contributed by atoms with E-state index in [4.69, 9.17) is 13.9 Å². The Balaban J connectivity index is 1.80. The quantitative estimate of drug-likeness (QED) is 0.764. The Bertz CT molecular complexity index is 784. The number of hydrogen-bond acceptors (Lipinski definition) is 6. The maximum Gasteiger partial charge on any atom is 0.410 e. The molecule has 1 saturated heterocycles. The van der Waals surface area contributed by atoms with Crippen molar-refractivity contribution >= 4 is 17.7 Å². The Morgan fingerprint density at radius 1 is 1.19 bits per heavy atom. The molecule has 0 N–H and O–H groups in total. The van der Waals surface area contributed by atoms with E-state index >= 15 is 0 Å². The van der Waals surface area contributed by atoms with Crippen molar-refractivity contribution in [1.82, 2.24) is 4.90 Å². The number of amides is 1. The molecular weight excluding hydrogens is 348 g/mol. The summed E-state index contributed by atoms with van der Waals surface area (Å²) in [7, 11) is 0. The van der Waals surface area contributed by atoms with Gasteiger partial charge in [-0.05, 0) is 39.8 Å². The van der Waals surface area contributed by atoms with Gasteiger partial charge in [-0.15, -0.1) is 0 Å². The molecule has 2 heterocycles. The Morgan fingerprint density at radius 3 is 2.52 bits per heavy atom. The largest absolute Gasteiger partial charge is 0.472 e. The molecule has 1 fully saturated rings. The van der Waals surface area contributed by atoms with Crippen LogP contribution < -0.4 is 4.90 Å². The first kappa shape index (κ1) is 19.1. The molecule has 0 aromatic heterocycles. The number of anilines is 1. The van der Waals surface area contributed by atoms with Crippen LogP contribution in [0.2, 0.25) is 0 Å². The Kier molecular flexibility index (Phi) is 5.30. The third kappa shape index (κ3) is 4.18. The van der Waals surface area contributed by atoms with Gasteiger partial charge in [0.1, 0.15) is 5.60 Å². The van der Waals surface area contributed by atoms with E-state index in [0.29, 0.717) is 38.3 Å². The fraction of sp³-hybridized carbons (Fsp3) is 0.500. The van der Waals surface area contributed by atoms with Gasteiger partial charge in [0.15, 0.2) is 0 Å². The maximum absolute atomic E-state index is 12.4. The SMILES string of the molecule is CCOC(=O)c1cc2coccc-2c1N1CCN(C(=O)OC(C)(C)C)CC1. The third-order valence-electron chi connectivity index (χ3n) is 4.37. The van der Waals surface area contributed by atoms with Crippen LogP contribution in [0.25, 0.3) is 11.1 Å². The number of carbonyl (C=O) groups excluding carboxylic acids is 2. The Labute approximate surface area is 159 Å². The first-order valence-electron chi connectivity index (χ1n) is 9.19. The van der Waals surface area contributed by atoms with Crippen LogP contribution in [0.15, 0.2) is 29.1 Å². The highest BCUT2D eigenvalue weighted by Crippen LogP contribution is 2.39. The van der Waals surface area contributed by atoms with Crippen LogP contribution in [-0.4, -0.2) is 55.3 Å². The molecule has 3 aliphatic rings. The number of carbonyl (C=O) groups is 2. The van der Waals surface area contributed by atoms with Gasteiger partial charge in [0.25, 0.3) is 0 Å². The van der Waals surface area contributed by atoms with Crippen molar-refractivity contribution in [3.63, 3.8) is 0 Å². The zero-order chi connectivity index (χ0) is 19.6. The predicted octanol–water partition coefficient (Wildman–Crippen LogP) is 3.62. The summed E-state index contributed by atoms with van der Waals surface area (Å²) in [5, 5.41) is 0. The first-order valence-corrected chi connectivity index (χ1v) is 9.19. The Morgan fingerprint density at radius 2 is 1.89 bits per heavy atom. The summed E-state index contributed by atoms with van der Waals surface area (Å²) in [6, 6.07) is 3.65. The van der Waals surface area contributed by atoms with Crippen LogP contribution in [0.1, 0.15) is 38.1 Å². The number of piperazine rings is 1. The highest BCUT2D eigenvalue weighted by Gasteiger charge is 2.31. The number of ether oxygens (including phenoxy) is 2. The van der Waals surface area contributed by atoms with Crippen LogP contribution in [0, 0.1) is 0 Å². The molecule has 0 aromatic carbocycles. The molecule has 1 amide bonds. The summed E-state index contributed by atoms with van der Waals surface area (Å²) in [6.45, 7) is 9.94. The molecule has 0 radical (unpaired) electrons. The minimum absolute atomic E-state index is 0.307. The summed E-state index contributed by atoms with van der Waals surface area (Å²) in [4.78, 5) is 28.5. The second-order valence-electron chi connectivity index (χ2n) is 7.51. The molecule has 0 atom stereocenters. The molecule has 0 saturated carbocycles. The smallest absolute Gasteiger partial charge is 0.410 e. The van der Waals surface area contributed by atoms with Crippen LogP contribution >= 0.6 is 0 Å². The maximum atomic E-state index is 12.4. The van der Waals surface area contributed by atoms with Crippen molar-refractivity contribution in [2.45, 2.75) is 33.3 Å². The van der Waals surface area contributed by atoms with Crippen molar-refractivity contribution in [2.24, 2.45) is 0 Å². The van der Waals surface area contributed by atoms with E-state index in [1.54, 1.807) is 30.4 Å². The fourth-order valence-corrected chi connectivity index (χ4v) is 3.22. The lowest BCUT2D eigenvalue weighted by molar-refractivity contribution is 0.0239. The van der Waals surface area contributed by atoms with E-state index in [1.165, 1.54) is 0 Å². The summed E-state index contributed by atoms with van der Waals surface area (Å²) >= 11 is 0. The average Bonchev–Trinajstić information content (AvgIpc) is 3.00. The molecule has 0 unspecified atom stereocenters. The van der Waals surface area contributed by atoms with Gasteiger partial charge in [0, 0.05) is 37.3 Å². The molecule has 1 aliphatic carbocycles. The van der Waals surface area contributed by atoms with Gasteiger partial charge in [-0.1, -0.05) is 0 Å². The number of fused-ring (bicyclic) bond motifs is 1. The third-order valence-corrected chi connectivity index (χ3v) is 4.37. The van der Waals surface area contributed by atoms with E-state index in [2.05, 4.69) is 4.90 Å². The topological polar surface area (TPSA) is 72.2 Å². The van der Waals surface area contributed by atoms with Gasteiger partial charge in [-0.3, -0.25) is 0 Å². The van der Waals surface area contributed by atoms with E-state index in [1.807, 2.05) is 26.8 Å². The van der Waals surface area contributed by atoms with E-state index in [9.17, 15) is 9.59 Å². The summed E-state index contributed by atoms with van der Waals surface area (Å²) in [5.74, 6) is -0.349. The van der Waals surface area contributed by atoms with E-state index in [-0.39, 0.29) is 12.1 Å². The van der Waals surface area contributed by atoms with Crippen LogP contribution in [-0.2, 0) is 9.47 Å². The highest BCUT2D eigenvalue weighted by molar-refractivity contribution is 6.04. The molecular formula is C20H26N2O5. The molecule has 0 aromatic rings. The average molecular weight is 374 g/mol. The van der Waals surface area contributed by atoms with Gasteiger partial charge in [-0.25, -0.2) is 9.59 Å². The van der Waals surface area contributed by atoms with Gasteiger partial charge >= 0.3 is 12.1 Å².